The average Bonchev–Trinajstić information content (AvgIpc) is 2.73. The number of nitrogens with zero attached hydrogens (tertiary/aromatic N) is 1. The van der Waals surface area contributed by atoms with Crippen LogP contribution in [0.1, 0.15) is 26.7 Å². The van der Waals surface area contributed by atoms with Gasteiger partial charge >= 0.3 is 0 Å². The number of carbonyl (C=O) groups excluding carboxylic acids is 1. The van der Waals surface area contributed by atoms with E-state index in [1.807, 2.05) is 13.0 Å². The third kappa shape index (κ3) is 2.93. The lowest BCUT2D eigenvalue weighted by molar-refractivity contribution is 0.0982. The molecular weight excluding hydrogens is 365 g/mol. The molecule has 0 saturated heterocycles. The molecule has 2 rings (SSSR count). The van der Waals surface area contributed by atoms with Crippen LogP contribution >= 0.6 is 38.9 Å². The van der Waals surface area contributed by atoms with Crippen LogP contribution in [-0.2, 0) is 0 Å². The summed E-state index contributed by atoms with van der Waals surface area (Å²) in [5.41, 5.74) is 1.25. The molecule has 1 aromatic carbocycles. The molecule has 0 aliphatic heterocycles. The van der Waals surface area contributed by atoms with Crippen molar-refractivity contribution in [2.45, 2.75) is 12.8 Å². The predicted octanol–water partition coefficient (Wildman–Crippen LogP) is 5.10. The molecule has 1 heterocycles. The van der Waals surface area contributed by atoms with Crippen LogP contribution in [0.3, 0.4) is 0 Å². The highest BCUT2D eigenvalue weighted by Gasteiger charge is 2.26. The van der Waals surface area contributed by atoms with Gasteiger partial charge in [0, 0.05) is 5.02 Å². The number of ketones is 1. The molecule has 1 aromatic heterocycles. The van der Waals surface area contributed by atoms with Gasteiger partial charge in [-0.15, -0.1) is 11.3 Å². The molecule has 2 aromatic rings. The molecule has 0 saturated carbocycles. The Kier molecular flexibility index (Phi) is 4.59. The third-order valence-electron chi connectivity index (χ3n) is 2.76. The van der Waals surface area contributed by atoms with Gasteiger partial charge in [0.05, 0.1) is 14.7 Å². The summed E-state index contributed by atoms with van der Waals surface area (Å²) >= 11 is 10.5. The van der Waals surface area contributed by atoms with Gasteiger partial charge in [-0.05, 0) is 52.2 Å². The lowest BCUT2D eigenvalue weighted by Crippen LogP contribution is -2.10. The molecule has 0 bridgehead atoms. The van der Waals surface area contributed by atoms with E-state index < -0.39 is 11.7 Å². The zero-order chi connectivity index (χ0) is 14.9. The van der Waals surface area contributed by atoms with E-state index in [2.05, 4.69) is 15.9 Å². The molecular formula is C14H8BrClFNOS. The van der Waals surface area contributed by atoms with Crippen molar-refractivity contribution in [3.63, 3.8) is 0 Å². The minimum Gasteiger partial charge on any atom is -0.291 e. The molecule has 6 heteroatoms. The van der Waals surface area contributed by atoms with E-state index in [0.717, 1.165) is 15.4 Å². The Morgan fingerprint density at radius 3 is 2.70 bits per heavy atom. The van der Waals surface area contributed by atoms with Crippen molar-refractivity contribution >= 4 is 44.7 Å². The fourth-order valence-corrected chi connectivity index (χ4v) is 3.51. The van der Waals surface area contributed by atoms with Crippen LogP contribution < -0.4 is 0 Å². The Balaban J connectivity index is 2.42. The number of rotatable bonds is 3. The minimum absolute atomic E-state index is 0.0808. The van der Waals surface area contributed by atoms with E-state index in [4.69, 9.17) is 11.6 Å². The van der Waals surface area contributed by atoms with Gasteiger partial charge in [-0.2, -0.15) is 5.26 Å². The Hall–Kier alpha value is -1.22. The number of hydrogen-bond acceptors (Lipinski definition) is 3. The second kappa shape index (κ2) is 6.04. The molecule has 1 atom stereocenters. The molecule has 0 fully saturated rings. The summed E-state index contributed by atoms with van der Waals surface area (Å²) in [6.45, 7) is 1.86. The lowest BCUT2D eigenvalue weighted by atomic mass is 9.95. The fraction of sp³-hybridized carbons (Fsp3) is 0.143. The van der Waals surface area contributed by atoms with E-state index in [0.29, 0.717) is 10.4 Å². The third-order valence-corrected chi connectivity index (χ3v) is 5.24. The van der Waals surface area contributed by atoms with Crippen molar-refractivity contribution in [3.05, 3.63) is 54.9 Å². The van der Waals surface area contributed by atoms with Gasteiger partial charge in [0.15, 0.2) is 5.78 Å². The smallest absolute Gasteiger partial charge is 0.194 e. The average molecular weight is 373 g/mol. The molecule has 102 valence electrons. The van der Waals surface area contributed by atoms with Crippen LogP contribution in [0, 0.1) is 24.1 Å². The highest BCUT2D eigenvalue weighted by atomic mass is 79.9. The first-order valence-corrected chi connectivity index (χ1v) is 7.57. The fourth-order valence-electron chi connectivity index (χ4n) is 1.73. The summed E-state index contributed by atoms with van der Waals surface area (Å²) in [5, 5.41) is 9.33. The molecule has 2 nitrogen and oxygen atoms in total. The molecule has 0 aliphatic carbocycles. The van der Waals surface area contributed by atoms with Crippen LogP contribution in [0.4, 0.5) is 4.39 Å². The number of nitriles is 1. The maximum Gasteiger partial charge on any atom is 0.194 e. The summed E-state index contributed by atoms with van der Waals surface area (Å²) in [6, 6.07) is 7.33. The van der Waals surface area contributed by atoms with Crippen molar-refractivity contribution in [3.8, 4) is 6.07 Å². The Morgan fingerprint density at radius 1 is 1.50 bits per heavy atom. The minimum atomic E-state index is -1.03. The second-order valence-corrected chi connectivity index (χ2v) is 6.94. The van der Waals surface area contributed by atoms with Gasteiger partial charge in [0.25, 0.3) is 0 Å². The van der Waals surface area contributed by atoms with E-state index >= 15 is 0 Å². The number of thiophene rings is 1. The number of aryl methyl sites for hydroxylation is 1. The summed E-state index contributed by atoms with van der Waals surface area (Å²) in [6.07, 6.45) is 0. The van der Waals surface area contributed by atoms with E-state index in [9.17, 15) is 14.4 Å². The van der Waals surface area contributed by atoms with Crippen LogP contribution in [0.2, 0.25) is 5.02 Å². The van der Waals surface area contributed by atoms with E-state index in [1.54, 1.807) is 6.07 Å². The lowest BCUT2D eigenvalue weighted by Gasteiger charge is -2.09. The van der Waals surface area contributed by atoms with Gasteiger partial charge < -0.3 is 0 Å². The molecule has 0 radical (unpaired) electrons. The van der Waals surface area contributed by atoms with Crippen molar-refractivity contribution in [1.82, 2.24) is 0 Å². The van der Waals surface area contributed by atoms with Crippen molar-refractivity contribution in [1.29, 1.82) is 5.26 Å². The summed E-state index contributed by atoms with van der Waals surface area (Å²) in [4.78, 5) is 12.9. The van der Waals surface area contributed by atoms with Gasteiger partial charge in [-0.3, -0.25) is 4.79 Å². The first-order valence-electron chi connectivity index (χ1n) is 5.58. The van der Waals surface area contributed by atoms with Crippen LogP contribution in [0.5, 0.6) is 0 Å². The molecule has 0 aliphatic rings. The maximum atomic E-state index is 13.0. The van der Waals surface area contributed by atoms with Gasteiger partial charge in [0.1, 0.15) is 11.7 Å². The molecule has 0 spiro atoms. The zero-order valence-electron chi connectivity index (χ0n) is 10.3. The molecule has 0 N–H and O–H groups in total. The Labute approximate surface area is 132 Å². The van der Waals surface area contributed by atoms with Crippen LogP contribution in [0.25, 0.3) is 0 Å². The van der Waals surface area contributed by atoms with Gasteiger partial charge in [-0.25, -0.2) is 4.39 Å². The highest BCUT2D eigenvalue weighted by molar-refractivity contribution is 9.11. The van der Waals surface area contributed by atoms with E-state index in [1.165, 1.54) is 23.5 Å². The number of halogens is 3. The van der Waals surface area contributed by atoms with E-state index in [-0.39, 0.29) is 10.8 Å². The molecule has 1 unspecified atom stereocenters. The summed E-state index contributed by atoms with van der Waals surface area (Å²) in [7, 11) is 0. The number of benzene rings is 1. The predicted molar refractivity (Wildman–Crippen MR) is 80.9 cm³/mol. The summed E-state index contributed by atoms with van der Waals surface area (Å²) < 4.78 is 13.9. The SMILES string of the molecule is Cc1cc(C(=O)C(C#N)c2ccc(F)cc2Cl)sc1Br. The van der Waals surface area contributed by atoms with Gasteiger partial charge in [0.2, 0.25) is 0 Å². The second-order valence-electron chi connectivity index (χ2n) is 4.16. The quantitative estimate of drug-likeness (QED) is 0.703. The monoisotopic (exact) mass is 371 g/mol. The normalized spacial score (nSPS) is 11.9. The number of carbonyl (C=O) groups is 1. The highest BCUT2D eigenvalue weighted by Crippen LogP contribution is 2.33. The standard InChI is InChI=1S/C14H8BrClFNOS/c1-7-4-12(20-14(7)15)13(19)10(6-18)9-3-2-8(17)5-11(9)16/h2-5,10H,1H3. The maximum absolute atomic E-state index is 13.0. The molecule has 0 amide bonds. The Morgan fingerprint density at radius 2 is 2.20 bits per heavy atom. The van der Waals surface area contributed by atoms with Crippen LogP contribution in [0.15, 0.2) is 28.1 Å². The Bertz CT molecular complexity index is 703. The summed E-state index contributed by atoms with van der Waals surface area (Å²) in [5.74, 6) is -1.87. The van der Waals surface area contributed by atoms with Crippen molar-refractivity contribution in [2.75, 3.05) is 0 Å². The van der Waals surface area contributed by atoms with Gasteiger partial charge in [-0.1, -0.05) is 17.7 Å². The van der Waals surface area contributed by atoms with Crippen molar-refractivity contribution < 1.29 is 9.18 Å². The van der Waals surface area contributed by atoms with Crippen LogP contribution in [-0.4, -0.2) is 5.78 Å². The number of hydrogen-bond donors (Lipinski definition) is 0. The zero-order valence-corrected chi connectivity index (χ0v) is 13.4. The molecule has 20 heavy (non-hydrogen) atoms. The topological polar surface area (TPSA) is 40.9 Å². The first kappa shape index (κ1) is 15.2. The van der Waals surface area contributed by atoms with Crippen molar-refractivity contribution in [2.24, 2.45) is 0 Å². The first-order chi connectivity index (χ1) is 9.43. The number of Topliss-reactive ketones (excluding diaryl/α,β-unsaturated/α-hetero) is 1. The largest absolute Gasteiger partial charge is 0.291 e.